The molecule has 0 saturated heterocycles. The Hall–Kier alpha value is -5.30. The number of anilines is 6. The summed E-state index contributed by atoms with van der Waals surface area (Å²) in [5.74, 6) is 1.53. The van der Waals surface area contributed by atoms with E-state index in [1.54, 1.807) is 0 Å². The van der Waals surface area contributed by atoms with Crippen molar-refractivity contribution < 1.29 is 0 Å². The first-order valence-corrected chi connectivity index (χ1v) is 17.3. The van der Waals surface area contributed by atoms with E-state index in [0.29, 0.717) is 16.5 Å². The Kier molecular flexibility index (Phi) is 6.89. The van der Waals surface area contributed by atoms with Crippen molar-refractivity contribution in [3.8, 4) is 17.2 Å². The van der Waals surface area contributed by atoms with E-state index < -0.39 is 0 Å². The standard InChI is InChI=1S/C44H34ClN3/c45-43-41(47(33-10-3-1-4-11-33)34-12-5-2-6-13-34)16-9-17-42(43)48(35-22-19-30(29-46)20-23-35)36-24-25-40-38(27-36)37-14-7-8-15-39(37)44(40)28-31-18-21-32(44)26-31/h1-17,19-20,22-25,27,31-32H,18,21,26,28H2. The summed E-state index contributed by atoms with van der Waals surface area (Å²) in [4.78, 5) is 4.45. The predicted molar refractivity (Wildman–Crippen MR) is 197 cm³/mol. The molecule has 0 N–H and O–H groups in total. The van der Waals surface area contributed by atoms with Crippen molar-refractivity contribution in [2.45, 2.75) is 31.1 Å². The van der Waals surface area contributed by atoms with Crippen LogP contribution in [0, 0.1) is 23.2 Å². The van der Waals surface area contributed by atoms with Crippen LogP contribution in [0.25, 0.3) is 11.1 Å². The molecule has 9 rings (SSSR count). The highest BCUT2D eigenvalue weighted by atomic mass is 35.5. The SMILES string of the molecule is N#Cc1ccc(N(c2ccc3c(c2)-c2ccccc2C32CC3CCC2C3)c2cccc(N(c3ccccc3)c3ccccc3)c2Cl)cc1. The minimum atomic E-state index is 0.121. The third kappa shape index (κ3) is 4.40. The van der Waals surface area contributed by atoms with Gasteiger partial charge >= 0.3 is 0 Å². The number of benzene rings is 6. The van der Waals surface area contributed by atoms with Gasteiger partial charge in [-0.25, -0.2) is 0 Å². The molecule has 6 aromatic rings. The lowest BCUT2D eigenvalue weighted by molar-refractivity contribution is 0.327. The van der Waals surface area contributed by atoms with E-state index in [4.69, 9.17) is 11.6 Å². The number of rotatable bonds is 6. The molecule has 6 aromatic carbocycles. The number of nitrogens with zero attached hydrogens (tertiary/aromatic N) is 3. The smallest absolute Gasteiger partial charge is 0.0991 e. The normalized spacial score (nSPS) is 19.9. The lowest BCUT2D eigenvalue weighted by Crippen LogP contribution is -2.31. The van der Waals surface area contributed by atoms with Crippen molar-refractivity contribution in [1.82, 2.24) is 0 Å². The second-order valence-electron chi connectivity index (χ2n) is 13.4. The molecule has 3 aliphatic rings. The van der Waals surface area contributed by atoms with Gasteiger partial charge in [-0.3, -0.25) is 0 Å². The zero-order valence-electron chi connectivity index (χ0n) is 26.6. The maximum Gasteiger partial charge on any atom is 0.0991 e. The topological polar surface area (TPSA) is 30.3 Å². The van der Waals surface area contributed by atoms with Crippen molar-refractivity contribution >= 4 is 45.7 Å². The van der Waals surface area contributed by atoms with Crippen molar-refractivity contribution in [3.63, 3.8) is 0 Å². The molecule has 1 spiro atoms. The molecule has 3 unspecified atom stereocenters. The first-order valence-electron chi connectivity index (χ1n) is 16.9. The van der Waals surface area contributed by atoms with Gasteiger partial charge in [0.15, 0.2) is 0 Å². The molecule has 3 nitrogen and oxygen atoms in total. The average Bonchev–Trinajstić information content (AvgIpc) is 3.84. The van der Waals surface area contributed by atoms with Crippen LogP contribution < -0.4 is 9.80 Å². The molecular formula is C44H34ClN3. The molecule has 0 aromatic heterocycles. The summed E-state index contributed by atoms with van der Waals surface area (Å²) in [5.41, 5.74) is 12.2. The van der Waals surface area contributed by atoms with E-state index in [1.165, 1.54) is 47.9 Å². The zero-order valence-corrected chi connectivity index (χ0v) is 27.3. The highest BCUT2D eigenvalue weighted by molar-refractivity contribution is 6.36. The number of halogens is 1. The molecular weight excluding hydrogens is 606 g/mol. The zero-order chi connectivity index (χ0) is 32.2. The van der Waals surface area contributed by atoms with E-state index >= 15 is 0 Å². The van der Waals surface area contributed by atoms with Crippen molar-refractivity contribution in [1.29, 1.82) is 5.26 Å². The van der Waals surface area contributed by atoms with Gasteiger partial charge in [-0.15, -0.1) is 0 Å². The highest BCUT2D eigenvalue weighted by Crippen LogP contribution is 2.66. The Balaban J connectivity index is 1.23. The largest absolute Gasteiger partial charge is 0.309 e. The van der Waals surface area contributed by atoms with Gasteiger partial charge in [0.2, 0.25) is 0 Å². The minimum absolute atomic E-state index is 0.121. The van der Waals surface area contributed by atoms with Crippen LogP contribution in [-0.4, -0.2) is 0 Å². The van der Waals surface area contributed by atoms with Gasteiger partial charge in [0, 0.05) is 28.2 Å². The predicted octanol–water partition coefficient (Wildman–Crippen LogP) is 12.2. The number of para-hydroxylation sites is 2. The Labute approximate surface area is 287 Å². The summed E-state index contributed by atoms with van der Waals surface area (Å²) >= 11 is 7.56. The van der Waals surface area contributed by atoms with Crippen LogP contribution in [0.15, 0.2) is 146 Å². The van der Waals surface area contributed by atoms with Gasteiger partial charge in [0.05, 0.1) is 28.0 Å². The van der Waals surface area contributed by atoms with Crippen molar-refractivity contribution in [2.75, 3.05) is 9.80 Å². The van der Waals surface area contributed by atoms with Crippen LogP contribution in [0.5, 0.6) is 0 Å². The summed E-state index contributed by atoms with van der Waals surface area (Å²) in [5, 5.41) is 10.3. The van der Waals surface area contributed by atoms with E-state index in [0.717, 1.165) is 40.0 Å². The molecule has 0 heterocycles. The molecule has 3 aliphatic carbocycles. The molecule has 3 atom stereocenters. The van der Waals surface area contributed by atoms with Crippen molar-refractivity contribution in [2.24, 2.45) is 11.8 Å². The Bertz CT molecular complexity index is 2150. The monoisotopic (exact) mass is 639 g/mol. The second kappa shape index (κ2) is 11.4. The first-order chi connectivity index (χ1) is 23.7. The Morgan fingerprint density at radius 2 is 1.17 bits per heavy atom. The summed E-state index contributed by atoms with van der Waals surface area (Å²) < 4.78 is 0. The third-order valence-corrected chi connectivity index (χ3v) is 11.4. The molecule has 4 heteroatoms. The quantitative estimate of drug-likeness (QED) is 0.182. The van der Waals surface area contributed by atoms with Crippen LogP contribution in [0.3, 0.4) is 0 Å². The van der Waals surface area contributed by atoms with E-state index in [9.17, 15) is 5.26 Å². The number of nitriles is 1. The average molecular weight is 640 g/mol. The third-order valence-electron chi connectivity index (χ3n) is 11.0. The fraction of sp³-hybridized carbons (Fsp3) is 0.159. The van der Waals surface area contributed by atoms with Gasteiger partial charge in [0.25, 0.3) is 0 Å². The number of hydrogen-bond acceptors (Lipinski definition) is 3. The van der Waals surface area contributed by atoms with Crippen LogP contribution in [0.2, 0.25) is 5.02 Å². The highest BCUT2D eigenvalue weighted by Gasteiger charge is 2.56. The molecule has 232 valence electrons. The summed E-state index contributed by atoms with van der Waals surface area (Å²) in [6, 6.07) is 53.2. The second-order valence-corrected chi connectivity index (χ2v) is 13.8. The van der Waals surface area contributed by atoms with Crippen LogP contribution in [0.4, 0.5) is 34.1 Å². The van der Waals surface area contributed by atoms with Crippen LogP contribution in [0.1, 0.15) is 42.4 Å². The summed E-state index contributed by atoms with van der Waals surface area (Å²) in [6.45, 7) is 0. The Morgan fingerprint density at radius 3 is 1.79 bits per heavy atom. The molecule has 2 bridgehead atoms. The summed E-state index contributed by atoms with van der Waals surface area (Å²) in [7, 11) is 0. The minimum Gasteiger partial charge on any atom is -0.309 e. The van der Waals surface area contributed by atoms with Crippen molar-refractivity contribution in [3.05, 3.63) is 167 Å². The van der Waals surface area contributed by atoms with Gasteiger partial charge < -0.3 is 9.80 Å². The summed E-state index contributed by atoms with van der Waals surface area (Å²) in [6.07, 6.45) is 5.28. The van der Waals surface area contributed by atoms with Crippen LogP contribution >= 0.6 is 11.6 Å². The number of hydrogen-bond donors (Lipinski definition) is 0. The molecule has 0 radical (unpaired) electrons. The first kappa shape index (κ1) is 28.9. The maximum absolute atomic E-state index is 9.61. The fourth-order valence-corrected chi connectivity index (χ4v) is 9.37. The Morgan fingerprint density at radius 1 is 0.583 bits per heavy atom. The molecule has 2 fully saturated rings. The van der Waals surface area contributed by atoms with Gasteiger partial charge in [0.1, 0.15) is 0 Å². The fourth-order valence-electron chi connectivity index (χ4n) is 9.07. The van der Waals surface area contributed by atoms with E-state index in [-0.39, 0.29) is 5.41 Å². The van der Waals surface area contributed by atoms with Gasteiger partial charge in [-0.2, -0.15) is 5.26 Å². The number of fused-ring (bicyclic) bond motifs is 8. The lowest BCUT2D eigenvalue weighted by atomic mass is 9.67. The molecule has 0 aliphatic heterocycles. The molecule has 0 amide bonds. The van der Waals surface area contributed by atoms with E-state index in [2.05, 4.69) is 125 Å². The lowest BCUT2D eigenvalue weighted by Gasteiger charge is -2.36. The van der Waals surface area contributed by atoms with Crippen LogP contribution in [-0.2, 0) is 5.41 Å². The maximum atomic E-state index is 9.61. The molecule has 2 saturated carbocycles. The van der Waals surface area contributed by atoms with Gasteiger partial charge in [-0.1, -0.05) is 90.8 Å². The molecule has 48 heavy (non-hydrogen) atoms. The van der Waals surface area contributed by atoms with E-state index in [1.807, 2.05) is 36.4 Å². The van der Waals surface area contributed by atoms with Gasteiger partial charge in [-0.05, 0) is 126 Å².